The van der Waals surface area contributed by atoms with Gasteiger partial charge in [0.25, 0.3) is 0 Å². The molecule has 0 spiro atoms. The molecule has 2 aliphatic heterocycles. The lowest BCUT2D eigenvalue weighted by molar-refractivity contribution is 0.350. The van der Waals surface area contributed by atoms with Crippen LogP contribution in [-0.2, 0) is 6.42 Å². The fraction of sp³-hybridized carbons (Fsp3) is 0.545. The van der Waals surface area contributed by atoms with E-state index in [9.17, 15) is 0 Å². The van der Waals surface area contributed by atoms with E-state index in [1.807, 2.05) is 12.3 Å². The van der Waals surface area contributed by atoms with E-state index in [2.05, 4.69) is 21.3 Å². The largest absolute Gasteiger partial charge is 0.369 e. The van der Waals surface area contributed by atoms with Gasteiger partial charge in [0.1, 0.15) is 0 Å². The van der Waals surface area contributed by atoms with Gasteiger partial charge in [-0.1, -0.05) is 0 Å². The predicted octanol–water partition coefficient (Wildman–Crippen LogP) is 0.663. The maximum absolute atomic E-state index is 4.40. The van der Waals surface area contributed by atoms with Crippen LogP contribution in [0, 0.1) is 5.92 Å². The second kappa shape index (κ2) is 3.24. The molecule has 2 aliphatic rings. The van der Waals surface area contributed by atoms with Crippen molar-refractivity contribution in [2.75, 3.05) is 31.1 Å². The Morgan fingerprint density at radius 1 is 1.50 bits per heavy atom. The molecule has 3 nitrogen and oxygen atoms in total. The normalized spacial score (nSPS) is 20.7. The molecule has 1 fully saturated rings. The van der Waals surface area contributed by atoms with Crippen molar-refractivity contribution in [3.63, 3.8) is 0 Å². The van der Waals surface area contributed by atoms with Crippen molar-refractivity contribution in [3.05, 3.63) is 24.0 Å². The molecule has 1 N–H and O–H groups in total. The number of aromatic nitrogens is 1. The number of rotatable bonds is 2. The first-order valence-corrected chi connectivity index (χ1v) is 5.33. The summed E-state index contributed by atoms with van der Waals surface area (Å²) in [4.78, 5) is 6.88. The van der Waals surface area contributed by atoms with E-state index in [4.69, 9.17) is 0 Å². The summed E-state index contributed by atoms with van der Waals surface area (Å²) in [5.74, 6) is 0.848. The van der Waals surface area contributed by atoms with Crippen molar-refractivity contribution in [2.45, 2.75) is 6.42 Å². The Kier molecular flexibility index (Phi) is 1.91. The summed E-state index contributed by atoms with van der Waals surface area (Å²) < 4.78 is 0. The highest BCUT2D eigenvalue weighted by Crippen LogP contribution is 2.26. The SMILES string of the molecule is c1cnc2c(c1)N(CC1CNC1)CC2. The molecule has 3 heterocycles. The minimum atomic E-state index is 0.848. The highest BCUT2D eigenvalue weighted by molar-refractivity contribution is 5.54. The quantitative estimate of drug-likeness (QED) is 0.741. The smallest absolute Gasteiger partial charge is 0.0654 e. The van der Waals surface area contributed by atoms with Crippen LogP contribution in [0.1, 0.15) is 5.69 Å². The summed E-state index contributed by atoms with van der Waals surface area (Å²) in [6.07, 6.45) is 3.02. The molecule has 1 aromatic heterocycles. The number of pyridine rings is 1. The lowest BCUT2D eigenvalue weighted by Gasteiger charge is -2.32. The monoisotopic (exact) mass is 189 g/mol. The molecule has 1 aromatic rings. The summed E-state index contributed by atoms with van der Waals surface area (Å²) in [6, 6.07) is 4.23. The second-order valence-corrected chi connectivity index (χ2v) is 4.19. The molecule has 0 aromatic carbocycles. The summed E-state index contributed by atoms with van der Waals surface area (Å²) in [7, 11) is 0. The maximum Gasteiger partial charge on any atom is 0.0654 e. The van der Waals surface area contributed by atoms with E-state index in [0.717, 1.165) is 18.9 Å². The van der Waals surface area contributed by atoms with E-state index < -0.39 is 0 Å². The zero-order valence-electron chi connectivity index (χ0n) is 8.24. The van der Waals surface area contributed by atoms with Gasteiger partial charge in [0.15, 0.2) is 0 Å². The average Bonchev–Trinajstić information content (AvgIpc) is 2.55. The van der Waals surface area contributed by atoms with Gasteiger partial charge in [-0.05, 0) is 12.1 Å². The Morgan fingerprint density at radius 2 is 2.43 bits per heavy atom. The second-order valence-electron chi connectivity index (χ2n) is 4.19. The zero-order chi connectivity index (χ0) is 9.38. The molecule has 3 rings (SSSR count). The number of nitrogens with zero attached hydrogens (tertiary/aromatic N) is 2. The lowest BCUT2D eigenvalue weighted by Crippen LogP contribution is -2.48. The maximum atomic E-state index is 4.40. The summed E-state index contributed by atoms with van der Waals surface area (Å²) in [5, 5.41) is 3.32. The first-order chi connectivity index (χ1) is 6.93. The molecule has 1 saturated heterocycles. The molecule has 0 aliphatic carbocycles. The van der Waals surface area contributed by atoms with Crippen molar-refractivity contribution >= 4 is 5.69 Å². The van der Waals surface area contributed by atoms with Gasteiger partial charge in [-0.3, -0.25) is 4.98 Å². The van der Waals surface area contributed by atoms with Gasteiger partial charge in [-0.15, -0.1) is 0 Å². The molecule has 0 amide bonds. The molecule has 0 atom stereocenters. The van der Waals surface area contributed by atoms with Crippen molar-refractivity contribution in [1.29, 1.82) is 0 Å². The Hall–Kier alpha value is -1.09. The molecule has 0 saturated carbocycles. The van der Waals surface area contributed by atoms with Gasteiger partial charge in [0, 0.05) is 44.7 Å². The number of nitrogens with one attached hydrogen (secondary N) is 1. The molecular formula is C11H15N3. The third kappa shape index (κ3) is 1.28. The van der Waals surface area contributed by atoms with Gasteiger partial charge >= 0.3 is 0 Å². The van der Waals surface area contributed by atoms with Crippen LogP contribution in [0.4, 0.5) is 5.69 Å². The van der Waals surface area contributed by atoms with E-state index in [1.165, 1.54) is 31.0 Å². The number of anilines is 1. The Labute approximate surface area is 84.1 Å². The van der Waals surface area contributed by atoms with Gasteiger partial charge in [0.05, 0.1) is 11.4 Å². The lowest BCUT2D eigenvalue weighted by atomic mass is 10.0. The third-order valence-electron chi connectivity index (χ3n) is 3.17. The van der Waals surface area contributed by atoms with Crippen LogP contribution in [-0.4, -0.2) is 31.2 Å². The van der Waals surface area contributed by atoms with Crippen LogP contribution < -0.4 is 10.2 Å². The summed E-state index contributed by atoms with van der Waals surface area (Å²) >= 11 is 0. The van der Waals surface area contributed by atoms with Gasteiger partial charge in [-0.25, -0.2) is 0 Å². The van der Waals surface area contributed by atoms with Gasteiger partial charge < -0.3 is 10.2 Å². The highest BCUT2D eigenvalue weighted by atomic mass is 15.2. The van der Waals surface area contributed by atoms with Crippen LogP contribution in [0.5, 0.6) is 0 Å². The fourth-order valence-corrected chi connectivity index (χ4v) is 2.25. The van der Waals surface area contributed by atoms with Crippen molar-refractivity contribution in [1.82, 2.24) is 10.3 Å². The van der Waals surface area contributed by atoms with Crippen LogP contribution in [0.15, 0.2) is 18.3 Å². The van der Waals surface area contributed by atoms with Crippen LogP contribution >= 0.6 is 0 Å². The number of hydrogen-bond acceptors (Lipinski definition) is 3. The van der Waals surface area contributed by atoms with Crippen molar-refractivity contribution in [2.24, 2.45) is 5.92 Å². The first kappa shape index (κ1) is 8.24. The highest BCUT2D eigenvalue weighted by Gasteiger charge is 2.25. The van der Waals surface area contributed by atoms with E-state index in [1.54, 1.807) is 0 Å². The predicted molar refractivity (Wildman–Crippen MR) is 56.5 cm³/mol. The fourth-order valence-electron chi connectivity index (χ4n) is 2.25. The van der Waals surface area contributed by atoms with Crippen LogP contribution in [0.25, 0.3) is 0 Å². The number of hydrogen-bond donors (Lipinski definition) is 1. The Bertz CT molecular complexity index is 333. The summed E-state index contributed by atoms with van der Waals surface area (Å²) in [5.41, 5.74) is 2.64. The third-order valence-corrected chi connectivity index (χ3v) is 3.17. The molecule has 0 unspecified atom stereocenters. The minimum Gasteiger partial charge on any atom is -0.369 e. The van der Waals surface area contributed by atoms with E-state index in [0.29, 0.717) is 0 Å². The van der Waals surface area contributed by atoms with Crippen LogP contribution in [0.2, 0.25) is 0 Å². The van der Waals surface area contributed by atoms with E-state index in [-0.39, 0.29) is 0 Å². The average molecular weight is 189 g/mol. The molecule has 0 radical (unpaired) electrons. The summed E-state index contributed by atoms with van der Waals surface area (Å²) in [6.45, 7) is 4.73. The number of fused-ring (bicyclic) bond motifs is 1. The standard InChI is InChI=1S/C11H15N3/c1-2-11-10(13-4-1)3-5-14(11)8-9-6-12-7-9/h1-2,4,9,12H,3,5-8H2. The topological polar surface area (TPSA) is 28.2 Å². The molecule has 14 heavy (non-hydrogen) atoms. The Balaban J connectivity index is 1.76. The molecule has 3 heteroatoms. The minimum absolute atomic E-state index is 0.848. The van der Waals surface area contributed by atoms with E-state index >= 15 is 0 Å². The first-order valence-electron chi connectivity index (χ1n) is 5.33. The van der Waals surface area contributed by atoms with Crippen molar-refractivity contribution < 1.29 is 0 Å². The van der Waals surface area contributed by atoms with Crippen molar-refractivity contribution in [3.8, 4) is 0 Å². The Morgan fingerprint density at radius 3 is 3.21 bits per heavy atom. The molecule has 74 valence electrons. The van der Waals surface area contributed by atoms with Crippen LogP contribution in [0.3, 0.4) is 0 Å². The molecule has 0 bridgehead atoms. The van der Waals surface area contributed by atoms with Gasteiger partial charge in [0.2, 0.25) is 0 Å². The molecular weight excluding hydrogens is 174 g/mol. The van der Waals surface area contributed by atoms with Gasteiger partial charge in [-0.2, -0.15) is 0 Å². The zero-order valence-corrected chi connectivity index (χ0v) is 8.24.